The van der Waals surface area contributed by atoms with Crippen molar-refractivity contribution < 1.29 is 18.7 Å². The van der Waals surface area contributed by atoms with E-state index < -0.39 is 0 Å². The van der Waals surface area contributed by atoms with E-state index in [1.54, 1.807) is 12.1 Å². The highest BCUT2D eigenvalue weighted by atomic mass is 16.5. The highest BCUT2D eigenvalue weighted by Gasteiger charge is 2.23. The van der Waals surface area contributed by atoms with Crippen LogP contribution in [0.4, 0.5) is 11.4 Å². The number of carbonyl (C=O) groups is 2. The van der Waals surface area contributed by atoms with E-state index in [9.17, 15) is 9.59 Å². The summed E-state index contributed by atoms with van der Waals surface area (Å²) in [4.78, 5) is 28.9. The number of hydrogen-bond acceptors (Lipinski definition) is 5. The fraction of sp³-hybridized carbons (Fsp3) is 0.333. The Hall–Kier alpha value is -3.74. The van der Waals surface area contributed by atoms with Crippen LogP contribution in [-0.4, -0.2) is 49.5 Å². The number of nitrogens with one attached hydrogen (secondary N) is 1. The van der Waals surface area contributed by atoms with Crippen molar-refractivity contribution in [2.75, 3.05) is 43.0 Å². The van der Waals surface area contributed by atoms with Gasteiger partial charge in [-0.15, -0.1) is 0 Å². The van der Waals surface area contributed by atoms with Crippen LogP contribution in [0.5, 0.6) is 5.75 Å². The van der Waals surface area contributed by atoms with Gasteiger partial charge < -0.3 is 24.3 Å². The number of ether oxygens (including phenoxy) is 1. The van der Waals surface area contributed by atoms with Gasteiger partial charge in [0, 0.05) is 37.6 Å². The molecule has 0 aliphatic carbocycles. The van der Waals surface area contributed by atoms with Gasteiger partial charge in [0.15, 0.2) is 12.4 Å². The van der Waals surface area contributed by atoms with E-state index in [2.05, 4.69) is 36.2 Å². The Morgan fingerprint density at radius 3 is 2.41 bits per heavy atom. The zero-order chi connectivity index (χ0) is 24.1. The molecule has 4 rings (SSSR count). The Balaban J connectivity index is 1.28. The highest BCUT2D eigenvalue weighted by molar-refractivity contribution is 5.92. The molecule has 1 fully saturated rings. The van der Waals surface area contributed by atoms with E-state index in [0.29, 0.717) is 24.8 Å². The van der Waals surface area contributed by atoms with Crippen molar-refractivity contribution in [3.8, 4) is 5.75 Å². The molecule has 0 spiro atoms. The average Bonchev–Trinajstić information content (AvgIpc) is 3.38. The van der Waals surface area contributed by atoms with Crippen LogP contribution in [0.3, 0.4) is 0 Å². The largest absolute Gasteiger partial charge is 0.483 e. The van der Waals surface area contributed by atoms with Gasteiger partial charge in [0.25, 0.3) is 11.8 Å². The molecule has 0 unspecified atom stereocenters. The molecule has 1 aliphatic heterocycles. The molecule has 2 aromatic carbocycles. The molecule has 1 N–H and O–H groups in total. The minimum atomic E-state index is -0.200. The topological polar surface area (TPSA) is 75.0 Å². The van der Waals surface area contributed by atoms with Crippen LogP contribution in [0.1, 0.15) is 41.4 Å². The van der Waals surface area contributed by atoms with Crippen molar-refractivity contribution >= 4 is 23.2 Å². The summed E-state index contributed by atoms with van der Waals surface area (Å²) in [6.45, 7) is 8.92. The molecular formula is C27H31N3O4. The summed E-state index contributed by atoms with van der Waals surface area (Å²) in [7, 11) is 0. The summed E-state index contributed by atoms with van der Waals surface area (Å²) < 4.78 is 11.0. The smallest absolute Gasteiger partial charge is 0.289 e. The third-order valence-electron chi connectivity index (χ3n) is 5.96. The maximum Gasteiger partial charge on any atom is 0.289 e. The second kappa shape index (κ2) is 10.5. The van der Waals surface area contributed by atoms with E-state index in [1.807, 2.05) is 42.2 Å². The summed E-state index contributed by atoms with van der Waals surface area (Å²) in [5.74, 6) is 1.17. The monoisotopic (exact) mass is 461 g/mol. The zero-order valence-corrected chi connectivity index (χ0v) is 19.9. The lowest BCUT2D eigenvalue weighted by atomic mass is 10.0. The Labute approximate surface area is 200 Å². The zero-order valence-electron chi connectivity index (χ0n) is 19.9. The number of carbonyl (C=O) groups excluding carboxylic acids is 2. The number of amides is 2. The molecular weight excluding hydrogens is 430 g/mol. The number of piperazine rings is 1. The van der Waals surface area contributed by atoms with Crippen molar-refractivity contribution in [2.24, 2.45) is 0 Å². The van der Waals surface area contributed by atoms with Gasteiger partial charge in [-0.25, -0.2) is 0 Å². The second-order valence-corrected chi connectivity index (χ2v) is 8.84. The molecule has 1 saturated heterocycles. The minimum absolute atomic E-state index is 0.0451. The van der Waals surface area contributed by atoms with Gasteiger partial charge in [0.05, 0.1) is 6.26 Å². The molecule has 2 amide bonds. The van der Waals surface area contributed by atoms with Crippen LogP contribution in [-0.2, 0) is 4.79 Å². The van der Waals surface area contributed by atoms with Crippen molar-refractivity contribution in [2.45, 2.75) is 26.7 Å². The molecule has 1 aliphatic rings. The lowest BCUT2D eigenvalue weighted by Crippen LogP contribution is -2.48. The van der Waals surface area contributed by atoms with Gasteiger partial charge in [-0.05, 0) is 66.4 Å². The molecule has 1 aromatic heterocycles. The van der Waals surface area contributed by atoms with Crippen molar-refractivity contribution in [3.05, 3.63) is 77.7 Å². The highest BCUT2D eigenvalue weighted by Crippen LogP contribution is 2.27. The number of benzene rings is 2. The fourth-order valence-corrected chi connectivity index (χ4v) is 4.06. The summed E-state index contributed by atoms with van der Waals surface area (Å²) in [5, 5.41) is 2.90. The Morgan fingerprint density at radius 1 is 1.03 bits per heavy atom. The van der Waals surface area contributed by atoms with Gasteiger partial charge in [0.2, 0.25) is 0 Å². The first kappa shape index (κ1) is 23.4. The predicted molar refractivity (Wildman–Crippen MR) is 133 cm³/mol. The third-order valence-corrected chi connectivity index (χ3v) is 5.96. The fourth-order valence-electron chi connectivity index (χ4n) is 4.06. The molecule has 178 valence electrons. The molecule has 2 heterocycles. The number of hydrogen-bond donors (Lipinski definition) is 1. The van der Waals surface area contributed by atoms with Crippen LogP contribution in [0.2, 0.25) is 0 Å². The predicted octanol–water partition coefficient (Wildman–Crippen LogP) is 4.69. The van der Waals surface area contributed by atoms with Gasteiger partial charge in [-0.1, -0.05) is 26.0 Å². The Kier molecular flexibility index (Phi) is 7.21. The lowest BCUT2D eigenvalue weighted by Gasteiger charge is -2.35. The van der Waals surface area contributed by atoms with Gasteiger partial charge in [0.1, 0.15) is 5.75 Å². The number of aryl methyl sites for hydroxylation is 1. The summed E-state index contributed by atoms with van der Waals surface area (Å²) in [6, 6.07) is 17.2. The van der Waals surface area contributed by atoms with E-state index in [-0.39, 0.29) is 18.4 Å². The average molecular weight is 462 g/mol. The molecule has 0 saturated carbocycles. The molecule has 7 heteroatoms. The van der Waals surface area contributed by atoms with Gasteiger partial charge in [-0.3, -0.25) is 9.59 Å². The first-order chi connectivity index (χ1) is 16.4. The molecule has 34 heavy (non-hydrogen) atoms. The molecule has 0 radical (unpaired) electrons. The summed E-state index contributed by atoms with van der Waals surface area (Å²) in [6.07, 6.45) is 1.52. The maximum atomic E-state index is 12.4. The SMILES string of the molecule is Cc1ccc(C(C)C)c(OCC(=O)Nc2ccc(N3CCN(C(=O)c4ccco4)CC3)cc2)c1. The van der Waals surface area contributed by atoms with E-state index >= 15 is 0 Å². The van der Waals surface area contributed by atoms with Gasteiger partial charge >= 0.3 is 0 Å². The third kappa shape index (κ3) is 5.60. The minimum Gasteiger partial charge on any atom is -0.483 e. The van der Waals surface area contributed by atoms with E-state index in [1.165, 1.54) is 6.26 Å². The molecule has 0 bridgehead atoms. The number of rotatable bonds is 7. The number of furan rings is 1. The van der Waals surface area contributed by atoms with Crippen LogP contribution in [0.25, 0.3) is 0 Å². The van der Waals surface area contributed by atoms with Crippen molar-refractivity contribution in [1.82, 2.24) is 4.90 Å². The van der Waals surface area contributed by atoms with Crippen molar-refractivity contribution in [3.63, 3.8) is 0 Å². The standard InChI is InChI=1S/C27H31N3O4/c1-19(2)23-11-6-20(3)17-25(23)34-18-26(31)28-21-7-9-22(10-8-21)29-12-14-30(15-13-29)27(32)24-5-4-16-33-24/h4-11,16-17,19H,12-15,18H2,1-3H3,(H,28,31). The lowest BCUT2D eigenvalue weighted by molar-refractivity contribution is -0.118. The van der Waals surface area contributed by atoms with Crippen molar-refractivity contribution in [1.29, 1.82) is 0 Å². The quantitative estimate of drug-likeness (QED) is 0.552. The van der Waals surface area contributed by atoms with Gasteiger partial charge in [-0.2, -0.15) is 0 Å². The number of nitrogens with zero attached hydrogens (tertiary/aromatic N) is 2. The maximum absolute atomic E-state index is 12.4. The number of anilines is 2. The summed E-state index contributed by atoms with van der Waals surface area (Å²) >= 11 is 0. The van der Waals surface area contributed by atoms with Crippen LogP contribution in [0.15, 0.2) is 65.3 Å². The first-order valence-corrected chi connectivity index (χ1v) is 11.6. The van der Waals surface area contributed by atoms with Crippen LogP contribution in [0, 0.1) is 6.92 Å². The second-order valence-electron chi connectivity index (χ2n) is 8.84. The summed E-state index contributed by atoms with van der Waals surface area (Å²) in [5.41, 5.74) is 3.97. The molecule has 3 aromatic rings. The molecule has 0 atom stereocenters. The van der Waals surface area contributed by atoms with Crippen LogP contribution < -0.4 is 15.0 Å². The normalized spacial score (nSPS) is 13.8. The van der Waals surface area contributed by atoms with Crippen LogP contribution >= 0.6 is 0 Å². The Morgan fingerprint density at radius 2 is 1.76 bits per heavy atom. The van der Waals surface area contributed by atoms with E-state index in [0.717, 1.165) is 41.3 Å². The first-order valence-electron chi connectivity index (χ1n) is 11.6. The Bertz CT molecular complexity index is 1120. The molecule has 7 nitrogen and oxygen atoms in total. The van der Waals surface area contributed by atoms with E-state index in [4.69, 9.17) is 9.15 Å².